The van der Waals surface area contributed by atoms with Gasteiger partial charge in [0.2, 0.25) is 5.91 Å². The van der Waals surface area contributed by atoms with Gasteiger partial charge in [-0.2, -0.15) is 0 Å². The Kier molecular flexibility index (Phi) is 6.72. The van der Waals surface area contributed by atoms with Crippen LogP contribution in [0, 0.1) is 4.91 Å². The summed E-state index contributed by atoms with van der Waals surface area (Å²) in [5.41, 5.74) is 1.55. The van der Waals surface area contributed by atoms with E-state index in [0.717, 1.165) is 0 Å². The Morgan fingerprint density at radius 3 is 2.34 bits per heavy atom. The van der Waals surface area contributed by atoms with Crippen LogP contribution in [0.4, 0.5) is 5.69 Å². The molecule has 8 heteroatoms. The summed E-state index contributed by atoms with van der Waals surface area (Å²) in [5, 5.41) is 8.56. The normalized spacial score (nSPS) is 11.3. The molecule has 29 heavy (non-hydrogen) atoms. The Morgan fingerprint density at radius 2 is 1.66 bits per heavy atom. The first-order chi connectivity index (χ1) is 14.2. The molecule has 1 aromatic carbocycles. The standard InChI is InChI=1S/C21H19N5O3/c27-20(24-14-15-7-3-5-11-22-15)13-19(16-8-1-2-9-17(16)26-29)25-21(28)18-10-4-6-12-23-18/h1-12,19H,13-14H2,(H,24,27)(H,25,28). The highest BCUT2D eigenvalue weighted by Gasteiger charge is 2.22. The molecule has 2 aromatic heterocycles. The molecule has 0 saturated carbocycles. The minimum absolute atomic E-state index is 0.0715. The average Bonchev–Trinajstić information content (AvgIpc) is 2.78. The number of amides is 2. The van der Waals surface area contributed by atoms with E-state index in [1.165, 1.54) is 12.3 Å². The highest BCUT2D eigenvalue weighted by molar-refractivity contribution is 5.93. The van der Waals surface area contributed by atoms with Gasteiger partial charge in [-0.1, -0.05) is 30.3 Å². The van der Waals surface area contributed by atoms with Crippen LogP contribution in [0.15, 0.2) is 78.2 Å². The third-order valence-corrected chi connectivity index (χ3v) is 4.20. The molecule has 3 aromatic rings. The van der Waals surface area contributed by atoms with E-state index in [-0.39, 0.29) is 30.3 Å². The molecule has 0 aliphatic heterocycles. The molecule has 0 saturated heterocycles. The molecule has 0 spiro atoms. The maximum absolute atomic E-state index is 12.6. The van der Waals surface area contributed by atoms with Crippen molar-refractivity contribution in [2.24, 2.45) is 5.18 Å². The molecule has 0 aliphatic carbocycles. The molecule has 0 radical (unpaired) electrons. The zero-order valence-corrected chi connectivity index (χ0v) is 15.5. The van der Waals surface area contributed by atoms with Crippen LogP contribution in [-0.2, 0) is 11.3 Å². The fourth-order valence-corrected chi connectivity index (χ4v) is 2.78. The first-order valence-electron chi connectivity index (χ1n) is 8.98. The number of hydrogen-bond donors (Lipinski definition) is 2. The van der Waals surface area contributed by atoms with Gasteiger partial charge in [0.25, 0.3) is 5.91 Å². The SMILES string of the molecule is O=Nc1ccccc1C(CC(=O)NCc1ccccn1)NC(=O)c1ccccn1. The van der Waals surface area contributed by atoms with Gasteiger partial charge in [-0.3, -0.25) is 19.6 Å². The summed E-state index contributed by atoms with van der Waals surface area (Å²) in [6.07, 6.45) is 3.08. The molecule has 0 aliphatic rings. The lowest BCUT2D eigenvalue weighted by atomic mass is 10.0. The van der Waals surface area contributed by atoms with Crippen LogP contribution in [-0.4, -0.2) is 21.8 Å². The summed E-state index contributed by atoms with van der Waals surface area (Å²) in [6, 6.07) is 16.2. The van der Waals surface area contributed by atoms with Gasteiger partial charge in [-0.25, -0.2) is 0 Å². The Morgan fingerprint density at radius 1 is 0.931 bits per heavy atom. The molecular weight excluding hydrogens is 370 g/mol. The zero-order valence-electron chi connectivity index (χ0n) is 15.5. The van der Waals surface area contributed by atoms with Gasteiger partial charge in [0.1, 0.15) is 11.4 Å². The second kappa shape index (κ2) is 9.84. The second-order valence-corrected chi connectivity index (χ2v) is 6.19. The summed E-state index contributed by atoms with van der Waals surface area (Å²) in [4.78, 5) is 44.4. The van der Waals surface area contributed by atoms with Crippen LogP contribution in [0.5, 0.6) is 0 Å². The summed E-state index contributed by atoms with van der Waals surface area (Å²) >= 11 is 0. The molecule has 0 fully saturated rings. The smallest absolute Gasteiger partial charge is 0.270 e. The highest BCUT2D eigenvalue weighted by atomic mass is 16.3. The lowest BCUT2D eigenvalue weighted by Gasteiger charge is -2.19. The number of carbonyl (C=O) groups is 2. The van der Waals surface area contributed by atoms with E-state index in [0.29, 0.717) is 11.3 Å². The van der Waals surface area contributed by atoms with Crippen molar-refractivity contribution in [3.8, 4) is 0 Å². The predicted molar refractivity (Wildman–Crippen MR) is 107 cm³/mol. The second-order valence-electron chi connectivity index (χ2n) is 6.19. The van der Waals surface area contributed by atoms with E-state index < -0.39 is 11.9 Å². The van der Waals surface area contributed by atoms with Gasteiger partial charge in [-0.15, -0.1) is 4.91 Å². The summed E-state index contributed by atoms with van der Waals surface area (Å²) < 4.78 is 0. The highest BCUT2D eigenvalue weighted by Crippen LogP contribution is 2.27. The van der Waals surface area contributed by atoms with Crippen LogP contribution in [0.25, 0.3) is 0 Å². The molecule has 1 atom stereocenters. The minimum atomic E-state index is -0.748. The molecule has 146 valence electrons. The van der Waals surface area contributed by atoms with Crippen molar-refractivity contribution in [1.29, 1.82) is 0 Å². The van der Waals surface area contributed by atoms with Gasteiger partial charge in [0.15, 0.2) is 0 Å². The first-order valence-corrected chi connectivity index (χ1v) is 8.98. The Bertz CT molecular complexity index is 980. The number of pyridine rings is 2. The summed E-state index contributed by atoms with van der Waals surface area (Å²) in [7, 11) is 0. The molecule has 8 nitrogen and oxygen atoms in total. The number of rotatable bonds is 8. The quantitative estimate of drug-likeness (QED) is 0.575. The molecule has 2 amide bonds. The molecule has 3 rings (SSSR count). The minimum Gasteiger partial charge on any atom is -0.350 e. The van der Waals surface area contributed by atoms with Crippen molar-refractivity contribution < 1.29 is 9.59 Å². The molecule has 1 unspecified atom stereocenters. The van der Waals surface area contributed by atoms with Crippen molar-refractivity contribution in [3.05, 3.63) is 94.9 Å². The van der Waals surface area contributed by atoms with E-state index in [2.05, 4.69) is 25.8 Å². The van der Waals surface area contributed by atoms with E-state index in [4.69, 9.17) is 0 Å². The lowest BCUT2D eigenvalue weighted by Crippen LogP contribution is -2.34. The molecule has 0 bridgehead atoms. The van der Waals surface area contributed by atoms with Gasteiger partial charge in [0.05, 0.1) is 24.7 Å². The zero-order chi connectivity index (χ0) is 20.5. The van der Waals surface area contributed by atoms with Crippen molar-refractivity contribution in [3.63, 3.8) is 0 Å². The van der Waals surface area contributed by atoms with E-state index in [1.54, 1.807) is 54.7 Å². The Labute approximate surface area is 167 Å². The van der Waals surface area contributed by atoms with Crippen molar-refractivity contribution >= 4 is 17.5 Å². The predicted octanol–water partition coefficient (Wildman–Crippen LogP) is 3.05. The Balaban J connectivity index is 1.76. The fraction of sp³-hybridized carbons (Fsp3) is 0.143. The summed E-state index contributed by atoms with van der Waals surface area (Å²) in [6.45, 7) is 0.258. The van der Waals surface area contributed by atoms with E-state index in [9.17, 15) is 14.5 Å². The topological polar surface area (TPSA) is 113 Å². The third kappa shape index (κ3) is 5.52. The largest absolute Gasteiger partial charge is 0.350 e. The number of aromatic nitrogens is 2. The average molecular weight is 389 g/mol. The third-order valence-electron chi connectivity index (χ3n) is 4.20. The first kappa shape index (κ1) is 19.8. The van der Waals surface area contributed by atoms with E-state index in [1.807, 2.05) is 6.07 Å². The number of carbonyl (C=O) groups excluding carboxylic acids is 2. The van der Waals surface area contributed by atoms with Crippen molar-refractivity contribution in [2.75, 3.05) is 0 Å². The lowest BCUT2D eigenvalue weighted by molar-refractivity contribution is -0.121. The van der Waals surface area contributed by atoms with Crippen molar-refractivity contribution in [1.82, 2.24) is 20.6 Å². The van der Waals surface area contributed by atoms with Crippen molar-refractivity contribution in [2.45, 2.75) is 19.0 Å². The van der Waals surface area contributed by atoms with Gasteiger partial charge >= 0.3 is 0 Å². The van der Waals surface area contributed by atoms with Crippen LogP contribution in [0.2, 0.25) is 0 Å². The van der Waals surface area contributed by atoms with Gasteiger partial charge in [0, 0.05) is 18.0 Å². The van der Waals surface area contributed by atoms with Crippen LogP contribution >= 0.6 is 0 Å². The van der Waals surface area contributed by atoms with Gasteiger partial charge in [-0.05, 0) is 35.5 Å². The number of nitroso groups, excluding NO2 is 1. The number of benzene rings is 1. The van der Waals surface area contributed by atoms with Crippen LogP contribution in [0.3, 0.4) is 0 Å². The van der Waals surface area contributed by atoms with Crippen LogP contribution in [0.1, 0.15) is 34.2 Å². The maximum atomic E-state index is 12.6. The number of nitrogens with one attached hydrogen (secondary N) is 2. The number of nitrogens with zero attached hydrogens (tertiary/aromatic N) is 3. The van der Waals surface area contributed by atoms with Crippen LogP contribution < -0.4 is 10.6 Å². The number of hydrogen-bond acceptors (Lipinski definition) is 6. The fourth-order valence-electron chi connectivity index (χ4n) is 2.78. The Hall–Kier alpha value is -3.94. The molecule has 2 N–H and O–H groups in total. The van der Waals surface area contributed by atoms with Gasteiger partial charge < -0.3 is 10.6 Å². The van der Waals surface area contributed by atoms with E-state index >= 15 is 0 Å². The molecular formula is C21H19N5O3. The monoisotopic (exact) mass is 389 g/mol. The maximum Gasteiger partial charge on any atom is 0.270 e. The summed E-state index contributed by atoms with van der Waals surface area (Å²) in [5.74, 6) is -0.753. The molecule has 2 heterocycles.